The fourth-order valence-corrected chi connectivity index (χ4v) is 2.97. The van der Waals surface area contributed by atoms with E-state index < -0.39 is 0 Å². The molecule has 0 saturated heterocycles. The second kappa shape index (κ2) is 2.59. The Labute approximate surface area is 86.8 Å². The summed E-state index contributed by atoms with van der Waals surface area (Å²) < 4.78 is 1.38. The van der Waals surface area contributed by atoms with Crippen molar-refractivity contribution in [2.24, 2.45) is 0 Å². The molecule has 0 nitrogen and oxygen atoms in total. The molecule has 0 spiro atoms. The van der Waals surface area contributed by atoms with Gasteiger partial charge in [-0.25, -0.2) is 0 Å². The molecule has 0 N–H and O–H groups in total. The van der Waals surface area contributed by atoms with E-state index in [1.165, 1.54) is 14.7 Å². The van der Waals surface area contributed by atoms with E-state index in [-0.39, 0.29) is 5.41 Å². The maximum absolute atomic E-state index is 2.41. The van der Waals surface area contributed by atoms with Crippen LogP contribution in [-0.4, -0.2) is 0 Å². The Kier molecular flexibility index (Phi) is 1.79. The lowest BCUT2D eigenvalue weighted by Gasteiger charge is -2.16. The molecule has 0 bridgehead atoms. The van der Waals surface area contributed by atoms with Gasteiger partial charge in [0.2, 0.25) is 0 Å². The quantitative estimate of drug-likeness (QED) is 0.630. The maximum Gasteiger partial charge on any atom is 0.0174 e. The minimum atomic E-state index is 0.229. The Morgan fingerprint density at radius 1 is 1.17 bits per heavy atom. The highest BCUT2D eigenvalue weighted by molar-refractivity contribution is 14.1. The minimum absolute atomic E-state index is 0.229. The van der Waals surface area contributed by atoms with Crippen LogP contribution in [-0.2, 0) is 5.41 Å². The minimum Gasteiger partial charge on any atom is -0.0619 e. The highest BCUT2D eigenvalue weighted by atomic mass is 127. The van der Waals surface area contributed by atoms with Crippen LogP contribution in [0.15, 0.2) is 30.3 Å². The topological polar surface area (TPSA) is 0 Å². The molecule has 0 fully saturated rings. The highest BCUT2D eigenvalue weighted by Gasteiger charge is 2.27. The molecule has 1 aliphatic carbocycles. The predicted octanol–water partition coefficient (Wildman–Crippen LogP) is 3.75. The van der Waals surface area contributed by atoms with Crippen LogP contribution in [0.5, 0.6) is 0 Å². The Hall–Kier alpha value is -0.310. The third-order valence-corrected chi connectivity index (χ3v) is 3.26. The van der Waals surface area contributed by atoms with Crippen molar-refractivity contribution in [2.75, 3.05) is 0 Å². The van der Waals surface area contributed by atoms with Crippen LogP contribution in [0.2, 0.25) is 0 Å². The summed E-state index contributed by atoms with van der Waals surface area (Å²) >= 11 is 2.41. The van der Waals surface area contributed by atoms with Gasteiger partial charge in [0.1, 0.15) is 0 Å². The van der Waals surface area contributed by atoms with E-state index >= 15 is 0 Å². The first-order valence-corrected chi connectivity index (χ1v) is 5.17. The summed E-state index contributed by atoms with van der Waals surface area (Å²) in [6.07, 6.45) is 2.33. The molecule has 1 aromatic rings. The highest BCUT2D eigenvalue weighted by Crippen LogP contribution is 2.42. The molecule has 0 atom stereocenters. The van der Waals surface area contributed by atoms with Gasteiger partial charge in [-0.2, -0.15) is 0 Å². The van der Waals surface area contributed by atoms with Crippen molar-refractivity contribution in [3.8, 4) is 0 Å². The molecular weight excluding hydrogens is 259 g/mol. The lowest BCUT2D eigenvalue weighted by molar-refractivity contribution is 0.683. The summed E-state index contributed by atoms with van der Waals surface area (Å²) in [5.41, 5.74) is 3.09. The first-order chi connectivity index (χ1) is 5.61. The number of benzene rings is 1. The molecule has 0 unspecified atom stereocenters. The van der Waals surface area contributed by atoms with Crippen LogP contribution >= 0.6 is 22.6 Å². The number of allylic oxidation sites excluding steroid dienone is 1. The summed E-state index contributed by atoms with van der Waals surface area (Å²) in [6.45, 7) is 4.52. The zero-order valence-corrected chi connectivity index (χ0v) is 9.42. The second-order valence-corrected chi connectivity index (χ2v) is 4.92. The van der Waals surface area contributed by atoms with E-state index in [0.717, 1.165) is 0 Å². The third kappa shape index (κ3) is 1.11. The van der Waals surface area contributed by atoms with Crippen LogP contribution in [0.25, 0.3) is 3.58 Å². The molecule has 0 aliphatic heterocycles. The first kappa shape index (κ1) is 8.30. The zero-order valence-electron chi connectivity index (χ0n) is 7.26. The number of hydrogen-bond acceptors (Lipinski definition) is 0. The van der Waals surface area contributed by atoms with E-state index in [1.54, 1.807) is 0 Å². The van der Waals surface area contributed by atoms with Crippen LogP contribution in [0.4, 0.5) is 0 Å². The van der Waals surface area contributed by atoms with Crippen LogP contribution in [0.3, 0.4) is 0 Å². The van der Waals surface area contributed by atoms with E-state index in [1.807, 2.05) is 0 Å². The van der Waals surface area contributed by atoms with Crippen LogP contribution < -0.4 is 0 Å². The molecular formula is C11H11I. The monoisotopic (exact) mass is 270 g/mol. The van der Waals surface area contributed by atoms with Crippen molar-refractivity contribution in [1.29, 1.82) is 0 Å². The van der Waals surface area contributed by atoms with Gasteiger partial charge in [-0.1, -0.05) is 44.2 Å². The molecule has 62 valence electrons. The molecule has 0 amide bonds. The Balaban J connectivity index is 2.68. The van der Waals surface area contributed by atoms with Gasteiger partial charge in [-0.05, 0) is 33.7 Å². The van der Waals surface area contributed by atoms with Gasteiger partial charge in [-0.3, -0.25) is 0 Å². The summed E-state index contributed by atoms with van der Waals surface area (Å²) in [5, 5.41) is 0. The SMILES string of the molecule is CC1(C)C=C(I)c2ccccc21. The molecule has 1 heteroatoms. The zero-order chi connectivity index (χ0) is 8.77. The fraction of sp³-hybridized carbons (Fsp3) is 0.273. The molecule has 2 rings (SSSR count). The Bertz CT molecular complexity index is 348. The van der Waals surface area contributed by atoms with Crippen molar-refractivity contribution < 1.29 is 0 Å². The van der Waals surface area contributed by atoms with Gasteiger partial charge in [0.05, 0.1) is 0 Å². The predicted molar refractivity (Wildman–Crippen MR) is 61.5 cm³/mol. The van der Waals surface area contributed by atoms with Gasteiger partial charge in [0.25, 0.3) is 0 Å². The van der Waals surface area contributed by atoms with E-state index in [2.05, 4.69) is 66.8 Å². The lowest BCUT2D eigenvalue weighted by atomic mass is 9.87. The summed E-state index contributed by atoms with van der Waals surface area (Å²) in [5.74, 6) is 0. The largest absolute Gasteiger partial charge is 0.0619 e. The number of rotatable bonds is 0. The molecule has 0 aromatic heterocycles. The van der Waals surface area contributed by atoms with Gasteiger partial charge in [-0.15, -0.1) is 0 Å². The molecule has 1 aliphatic rings. The molecule has 1 aromatic carbocycles. The van der Waals surface area contributed by atoms with Crippen molar-refractivity contribution >= 4 is 26.2 Å². The molecule has 0 radical (unpaired) electrons. The third-order valence-electron chi connectivity index (χ3n) is 2.37. The van der Waals surface area contributed by atoms with Gasteiger partial charge in [0.15, 0.2) is 0 Å². The van der Waals surface area contributed by atoms with Gasteiger partial charge in [0, 0.05) is 8.99 Å². The average molecular weight is 270 g/mol. The standard InChI is InChI=1S/C11H11I/c1-11(2)7-10(12)8-5-3-4-6-9(8)11/h3-7H,1-2H3. The lowest BCUT2D eigenvalue weighted by Crippen LogP contribution is -2.10. The normalized spacial score (nSPS) is 18.8. The maximum atomic E-state index is 2.41. The van der Waals surface area contributed by atoms with Crippen molar-refractivity contribution in [3.05, 3.63) is 41.5 Å². The van der Waals surface area contributed by atoms with Crippen molar-refractivity contribution in [2.45, 2.75) is 19.3 Å². The van der Waals surface area contributed by atoms with Gasteiger partial charge >= 0.3 is 0 Å². The Morgan fingerprint density at radius 3 is 2.50 bits per heavy atom. The van der Waals surface area contributed by atoms with Crippen LogP contribution in [0.1, 0.15) is 25.0 Å². The smallest absolute Gasteiger partial charge is 0.0174 e. The molecule has 12 heavy (non-hydrogen) atoms. The summed E-state index contributed by atoms with van der Waals surface area (Å²) in [4.78, 5) is 0. The molecule has 0 heterocycles. The number of fused-ring (bicyclic) bond motifs is 1. The number of hydrogen-bond donors (Lipinski definition) is 0. The average Bonchev–Trinajstić information content (AvgIpc) is 2.25. The summed E-state index contributed by atoms with van der Waals surface area (Å²) in [7, 11) is 0. The van der Waals surface area contributed by atoms with E-state index in [0.29, 0.717) is 0 Å². The summed E-state index contributed by atoms with van der Waals surface area (Å²) in [6, 6.07) is 8.64. The second-order valence-electron chi connectivity index (χ2n) is 3.76. The van der Waals surface area contributed by atoms with Crippen LogP contribution in [0, 0.1) is 0 Å². The molecule has 0 saturated carbocycles. The van der Waals surface area contributed by atoms with Gasteiger partial charge < -0.3 is 0 Å². The van der Waals surface area contributed by atoms with Crippen molar-refractivity contribution in [3.63, 3.8) is 0 Å². The first-order valence-electron chi connectivity index (χ1n) is 4.09. The number of halogens is 1. The van der Waals surface area contributed by atoms with E-state index in [4.69, 9.17) is 0 Å². The Morgan fingerprint density at radius 2 is 1.83 bits per heavy atom. The van der Waals surface area contributed by atoms with Crippen molar-refractivity contribution in [1.82, 2.24) is 0 Å². The fourth-order valence-electron chi connectivity index (χ4n) is 1.73. The van der Waals surface area contributed by atoms with E-state index in [9.17, 15) is 0 Å².